The third-order valence-corrected chi connectivity index (χ3v) is 2.94. The van der Waals surface area contributed by atoms with E-state index < -0.39 is 0 Å². The number of aliphatic hydroxyl groups is 1. The van der Waals surface area contributed by atoms with Gasteiger partial charge in [0.1, 0.15) is 0 Å². The molecule has 71 valence electrons. The maximum atomic E-state index is 9.06. The van der Waals surface area contributed by atoms with Gasteiger partial charge in [0.2, 0.25) is 0 Å². The maximum absolute atomic E-state index is 9.06. The molecule has 0 aromatic heterocycles. The predicted molar refractivity (Wildman–Crippen MR) is 51.7 cm³/mol. The third kappa shape index (κ3) is 2.48. The molecule has 0 unspecified atom stereocenters. The first-order valence-electron chi connectivity index (χ1n) is 5.00. The Kier molecular flexibility index (Phi) is 3.16. The first kappa shape index (κ1) is 10.0. The number of hydrogen-bond donors (Lipinski definition) is 1. The van der Waals surface area contributed by atoms with Crippen LogP contribution in [0.5, 0.6) is 0 Å². The second kappa shape index (κ2) is 3.78. The van der Waals surface area contributed by atoms with E-state index in [0.29, 0.717) is 17.9 Å². The van der Waals surface area contributed by atoms with Crippen molar-refractivity contribution >= 4 is 0 Å². The summed E-state index contributed by atoms with van der Waals surface area (Å²) < 4.78 is 0. The lowest BCUT2D eigenvalue weighted by Gasteiger charge is -2.36. The summed E-state index contributed by atoms with van der Waals surface area (Å²) in [5, 5.41) is 9.06. The van der Waals surface area contributed by atoms with Crippen LogP contribution in [0, 0.1) is 17.3 Å². The van der Waals surface area contributed by atoms with E-state index in [1.54, 1.807) is 5.92 Å². The van der Waals surface area contributed by atoms with Crippen LogP contribution in [0.1, 0.15) is 46.5 Å². The van der Waals surface area contributed by atoms with Crippen LogP contribution in [0.3, 0.4) is 0 Å². The van der Waals surface area contributed by atoms with Gasteiger partial charge in [0.05, 0.1) is 0 Å². The van der Waals surface area contributed by atoms with E-state index in [2.05, 4.69) is 20.8 Å². The van der Waals surface area contributed by atoms with Gasteiger partial charge in [-0.25, -0.2) is 0 Å². The fraction of sp³-hybridized carbons (Fsp3) is 0.909. The lowest BCUT2D eigenvalue weighted by atomic mass is 9.69. The Balaban J connectivity index is 2.46. The first-order valence-corrected chi connectivity index (χ1v) is 5.00. The van der Waals surface area contributed by atoms with Crippen molar-refractivity contribution in [2.45, 2.75) is 46.5 Å². The topological polar surface area (TPSA) is 20.2 Å². The third-order valence-electron chi connectivity index (χ3n) is 2.94. The van der Waals surface area contributed by atoms with Crippen LogP contribution >= 0.6 is 0 Å². The molecule has 12 heavy (non-hydrogen) atoms. The molecule has 1 heteroatoms. The van der Waals surface area contributed by atoms with Crippen molar-refractivity contribution in [3.63, 3.8) is 0 Å². The smallest absolute Gasteiger partial charge is 0.0459 e. The molecular weight excluding hydrogens is 148 g/mol. The maximum Gasteiger partial charge on any atom is 0.0459 e. The predicted octanol–water partition coefficient (Wildman–Crippen LogP) is 2.79. The zero-order valence-electron chi connectivity index (χ0n) is 8.56. The molecule has 0 heterocycles. The molecule has 0 saturated heterocycles. The molecule has 1 aliphatic carbocycles. The molecule has 1 N–H and O–H groups in total. The van der Waals surface area contributed by atoms with Crippen molar-refractivity contribution in [3.8, 4) is 0 Å². The summed E-state index contributed by atoms with van der Waals surface area (Å²) in [6.07, 6.45) is 4.92. The van der Waals surface area contributed by atoms with Gasteiger partial charge in [-0.3, -0.25) is 0 Å². The Bertz CT molecular complexity index is 134. The molecule has 0 spiro atoms. The van der Waals surface area contributed by atoms with Gasteiger partial charge in [0.25, 0.3) is 0 Å². The largest absolute Gasteiger partial charge is 0.396 e. The molecule has 1 fully saturated rings. The zero-order valence-corrected chi connectivity index (χ0v) is 8.56. The Morgan fingerprint density at radius 3 is 2.58 bits per heavy atom. The molecule has 0 aliphatic heterocycles. The number of hydrogen-bond acceptors (Lipinski definition) is 1. The molecular formula is C11H21O. The monoisotopic (exact) mass is 169 g/mol. The van der Waals surface area contributed by atoms with Crippen molar-refractivity contribution in [1.29, 1.82) is 0 Å². The highest BCUT2D eigenvalue weighted by atomic mass is 16.3. The van der Waals surface area contributed by atoms with E-state index in [-0.39, 0.29) is 0 Å². The minimum Gasteiger partial charge on any atom is -0.396 e. The van der Waals surface area contributed by atoms with Crippen LogP contribution in [-0.2, 0) is 0 Å². The molecule has 1 rings (SSSR count). The Labute approximate surface area is 76.2 Å². The van der Waals surface area contributed by atoms with Gasteiger partial charge in [-0.1, -0.05) is 27.2 Å². The molecule has 1 saturated carbocycles. The summed E-state index contributed by atoms with van der Waals surface area (Å²) >= 11 is 0. The molecule has 1 atom stereocenters. The lowest BCUT2D eigenvalue weighted by molar-refractivity contribution is 0.178. The van der Waals surface area contributed by atoms with Crippen molar-refractivity contribution in [2.75, 3.05) is 6.61 Å². The van der Waals surface area contributed by atoms with Gasteiger partial charge < -0.3 is 5.11 Å². The highest BCUT2D eigenvalue weighted by Gasteiger charge is 2.30. The molecule has 0 aromatic rings. The summed E-state index contributed by atoms with van der Waals surface area (Å²) in [6, 6.07) is 0. The van der Waals surface area contributed by atoms with Crippen LogP contribution in [0.15, 0.2) is 0 Å². The van der Waals surface area contributed by atoms with Crippen LogP contribution in [0.2, 0.25) is 0 Å². The Morgan fingerprint density at radius 2 is 2.08 bits per heavy atom. The van der Waals surface area contributed by atoms with Crippen molar-refractivity contribution in [3.05, 3.63) is 5.92 Å². The lowest BCUT2D eigenvalue weighted by Crippen LogP contribution is -2.26. The summed E-state index contributed by atoms with van der Waals surface area (Å²) in [5.74, 6) is 2.20. The van der Waals surface area contributed by atoms with Gasteiger partial charge >= 0.3 is 0 Å². The van der Waals surface area contributed by atoms with Gasteiger partial charge in [-0.2, -0.15) is 0 Å². The van der Waals surface area contributed by atoms with Crippen LogP contribution in [0.25, 0.3) is 0 Å². The van der Waals surface area contributed by atoms with Gasteiger partial charge in [0.15, 0.2) is 0 Å². The zero-order chi connectivity index (χ0) is 9.19. The van der Waals surface area contributed by atoms with Crippen molar-refractivity contribution in [2.24, 2.45) is 11.3 Å². The molecule has 0 amide bonds. The summed E-state index contributed by atoms with van der Waals surface area (Å²) in [6.45, 7) is 7.21. The van der Waals surface area contributed by atoms with Gasteiger partial charge in [-0.05, 0) is 36.5 Å². The average Bonchev–Trinajstić information content (AvgIpc) is 2.03. The summed E-state index contributed by atoms with van der Waals surface area (Å²) in [5.41, 5.74) is 0.355. The molecule has 0 aromatic carbocycles. The fourth-order valence-electron chi connectivity index (χ4n) is 1.99. The minimum absolute atomic E-state index is 0.355. The summed E-state index contributed by atoms with van der Waals surface area (Å²) in [4.78, 5) is 0. The average molecular weight is 169 g/mol. The fourth-order valence-corrected chi connectivity index (χ4v) is 1.99. The Morgan fingerprint density at radius 1 is 1.42 bits per heavy atom. The molecule has 1 radical (unpaired) electrons. The van der Waals surface area contributed by atoms with Crippen molar-refractivity contribution in [1.82, 2.24) is 0 Å². The van der Waals surface area contributed by atoms with E-state index in [0.717, 1.165) is 6.42 Å². The molecule has 1 aliphatic rings. The van der Waals surface area contributed by atoms with E-state index >= 15 is 0 Å². The van der Waals surface area contributed by atoms with Crippen LogP contribution in [-0.4, -0.2) is 11.7 Å². The Hall–Kier alpha value is -0.0400. The number of aliphatic hydroxyl groups excluding tert-OH is 1. The quantitative estimate of drug-likeness (QED) is 0.640. The first-order chi connectivity index (χ1) is 5.54. The van der Waals surface area contributed by atoms with Gasteiger partial charge in [-0.15, -0.1) is 0 Å². The minimum atomic E-state index is 0.355. The van der Waals surface area contributed by atoms with Crippen molar-refractivity contribution < 1.29 is 5.11 Å². The highest BCUT2D eigenvalue weighted by Crippen LogP contribution is 2.41. The van der Waals surface area contributed by atoms with Gasteiger partial charge in [0, 0.05) is 6.61 Å². The van der Waals surface area contributed by atoms with E-state index in [1.807, 2.05) is 0 Å². The second-order valence-corrected chi connectivity index (χ2v) is 5.00. The number of rotatable bonds is 1. The van der Waals surface area contributed by atoms with E-state index in [1.165, 1.54) is 19.3 Å². The van der Waals surface area contributed by atoms with E-state index in [4.69, 9.17) is 5.11 Å². The van der Waals surface area contributed by atoms with Crippen LogP contribution < -0.4 is 0 Å². The normalized spacial score (nSPS) is 27.5. The SMILES string of the molecule is CC(C)(C)[C]1CCC[C@H](CO)C1. The van der Waals surface area contributed by atoms with Crippen LogP contribution in [0.4, 0.5) is 0 Å². The summed E-state index contributed by atoms with van der Waals surface area (Å²) in [7, 11) is 0. The molecule has 1 nitrogen and oxygen atoms in total. The van der Waals surface area contributed by atoms with E-state index in [9.17, 15) is 0 Å². The highest BCUT2D eigenvalue weighted by molar-refractivity contribution is 5.03. The standard InChI is InChI=1S/C11H21O/c1-11(2,3)10-6-4-5-9(7-10)8-12/h9,12H,4-8H2,1-3H3/t9-/m0/s1. The molecule has 0 bridgehead atoms. The second-order valence-electron chi connectivity index (χ2n) is 5.00.